The summed E-state index contributed by atoms with van der Waals surface area (Å²) in [5.74, 6) is -0.575. The number of hydrogen-bond donors (Lipinski definition) is 2. The number of aromatic nitrogens is 1. The zero-order valence-electron chi connectivity index (χ0n) is 11.7. The van der Waals surface area contributed by atoms with Crippen molar-refractivity contribution in [3.8, 4) is 0 Å². The third-order valence-corrected chi connectivity index (χ3v) is 3.90. The van der Waals surface area contributed by atoms with Gasteiger partial charge in [0.1, 0.15) is 11.2 Å². The first kappa shape index (κ1) is 13.5. The lowest BCUT2D eigenvalue weighted by molar-refractivity contribution is -0.125. The molecule has 2 aliphatic rings. The third kappa shape index (κ3) is 2.35. The summed E-state index contributed by atoms with van der Waals surface area (Å²) in [5, 5.41) is 4.90. The van der Waals surface area contributed by atoms with E-state index in [1.807, 2.05) is 13.0 Å². The number of pyridine rings is 1. The fourth-order valence-corrected chi connectivity index (χ4v) is 2.87. The SMILES string of the molecule is Cc1cccc(C(=O)N2CCCC3(C2)NC(=O)NC3=O)n1. The van der Waals surface area contributed by atoms with E-state index in [2.05, 4.69) is 15.6 Å². The molecule has 2 N–H and O–H groups in total. The lowest BCUT2D eigenvalue weighted by Crippen LogP contribution is -2.59. The Morgan fingerprint density at radius 1 is 1.38 bits per heavy atom. The number of amides is 4. The smallest absolute Gasteiger partial charge is 0.322 e. The number of nitrogens with one attached hydrogen (secondary N) is 2. The van der Waals surface area contributed by atoms with E-state index in [4.69, 9.17) is 0 Å². The van der Waals surface area contributed by atoms with Gasteiger partial charge in [0.25, 0.3) is 11.8 Å². The fourth-order valence-electron chi connectivity index (χ4n) is 2.87. The predicted molar refractivity (Wildman–Crippen MR) is 73.5 cm³/mol. The van der Waals surface area contributed by atoms with Crippen LogP contribution in [0, 0.1) is 6.92 Å². The molecule has 110 valence electrons. The molecule has 1 unspecified atom stereocenters. The summed E-state index contributed by atoms with van der Waals surface area (Å²) in [6, 6.07) is 4.76. The molecule has 3 rings (SSSR count). The molecule has 0 bridgehead atoms. The maximum atomic E-state index is 12.5. The van der Waals surface area contributed by atoms with Crippen molar-refractivity contribution in [2.75, 3.05) is 13.1 Å². The molecule has 1 spiro atoms. The molecule has 21 heavy (non-hydrogen) atoms. The monoisotopic (exact) mass is 288 g/mol. The van der Waals surface area contributed by atoms with Crippen LogP contribution >= 0.6 is 0 Å². The van der Waals surface area contributed by atoms with Gasteiger partial charge in [-0.2, -0.15) is 0 Å². The number of likely N-dealkylation sites (tertiary alicyclic amines) is 1. The first-order valence-electron chi connectivity index (χ1n) is 6.87. The lowest BCUT2D eigenvalue weighted by atomic mass is 9.89. The summed E-state index contributed by atoms with van der Waals surface area (Å²) in [6.07, 6.45) is 1.20. The van der Waals surface area contributed by atoms with Crippen LogP contribution in [-0.4, -0.2) is 46.4 Å². The third-order valence-electron chi connectivity index (χ3n) is 3.90. The van der Waals surface area contributed by atoms with Crippen molar-refractivity contribution in [2.45, 2.75) is 25.3 Å². The van der Waals surface area contributed by atoms with Crippen molar-refractivity contribution in [3.05, 3.63) is 29.6 Å². The Morgan fingerprint density at radius 2 is 2.19 bits per heavy atom. The largest absolute Gasteiger partial charge is 0.334 e. The summed E-state index contributed by atoms with van der Waals surface area (Å²) in [6.45, 7) is 2.55. The summed E-state index contributed by atoms with van der Waals surface area (Å²) < 4.78 is 0. The topological polar surface area (TPSA) is 91.4 Å². The highest BCUT2D eigenvalue weighted by molar-refractivity contribution is 6.07. The van der Waals surface area contributed by atoms with Crippen LogP contribution in [0.2, 0.25) is 0 Å². The molecular weight excluding hydrogens is 272 g/mol. The van der Waals surface area contributed by atoms with Crippen molar-refractivity contribution in [1.29, 1.82) is 0 Å². The number of rotatable bonds is 1. The molecular formula is C14H16N4O3. The van der Waals surface area contributed by atoms with E-state index in [1.165, 1.54) is 0 Å². The highest BCUT2D eigenvalue weighted by atomic mass is 16.2. The minimum atomic E-state index is -0.991. The zero-order valence-corrected chi connectivity index (χ0v) is 11.7. The molecule has 1 atom stereocenters. The van der Waals surface area contributed by atoms with Crippen molar-refractivity contribution in [3.63, 3.8) is 0 Å². The van der Waals surface area contributed by atoms with Crippen LogP contribution in [0.5, 0.6) is 0 Å². The maximum Gasteiger partial charge on any atom is 0.322 e. The second-order valence-electron chi connectivity index (χ2n) is 5.48. The highest BCUT2D eigenvalue weighted by Crippen LogP contribution is 2.25. The van der Waals surface area contributed by atoms with Gasteiger partial charge in [-0.15, -0.1) is 0 Å². The summed E-state index contributed by atoms with van der Waals surface area (Å²) in [4.78, 5) is 41.6. The van der Waals surface area contributed by atoms with Gasteiger partial charge in [-0.05, 0) is 31.9 Å². The number of hydrogen-bond acceptors (Lipinski definition) is 4. The van der Waals surface area contributed by atoms with Gasteiger partial charge in [-0.1, -0.05) is 6.07 Å². The van der Waals surface area contributed by atoms with Crippen LogP contribution in [0.15, 0.2) is 18.2 Å². The van der Waals surface area contributed by atoms with Crippen LogP contribution in [-0.2, 0) is 4.79 Å². The molecule has 0 aliphatic carbocycles. The lowest BCUT2D eigenvalue weighted by Gasteiger charge is -2.37. The number of nitrogens with zero attached hydrogens (tertiary/aromatic N) is 2. The summed E-state index contributed by atoms with van der Waals surface area (Å²) in [7, 11) is 0. The molecule has 2 fully saturated rings. The van der Waals surface area contributed by atoms with E-state index >= 15 is 0 Å². The van der Waals surface area contributed by atoms with Gasteiger partial charge in [0.2, 0.25) is 0 Å². The van der Waals surface area contributed by atoms with Crippen LogP contribution in [0.3, 0.4) is 0 Å². The summed E-state index contributed by atoms with van der Waals surface area (Å²) >= 11 is 0. The van der Waals surface area contributed by atoms with Crippen LogP contribution in [0.1, 0.15) is 29.0 Å². The van der Waals surface area contributed by atoms with E-state index in [1.54, 1.807) is 17.0 Å². The second kappa shape index (κ2) is 4.83. The minimum absolute atomic E-state index is 0.180. The van der Waals surface area contributed by atoms with Gasteiger partial charge in [0.15, 0.2) is 0 Å². The average molecular weight is 288 g/mol. The summed E-state index contributed by atoms with van der Waals surface area (Å²) in [5.41, 5.74) is 0.130. The number of urea groups is 1. The highest BCUT2D eigenvalue weighted by Gasteiger charge is 2.49. The Balaban J connectivity index is 1.82. The molecule has 3 heterocycles. The van der Waals surface area contributed by atoms with Gasteiger partial charge >= 0.3 is 6.03 Å². The average Bonchev–Trinajstić information content (AvgIpc) is 2.72. The van der Waals surface area contributed by atoms with Crippen molar-refractivity contribution < 1.29 is 14.4 Å². The Bertz CT molecular complexity index is 630. The first-order chi connectivity index (χ1) is 10.00. The Labute approximate surface area is 121 Å². The molecule has 2 saturated heterocycles. The molecule has 1 aromatic rings. The standard InChI is InChI=1S/C14H16N4O3/c1-9-4-2-5-10(15-9)11(19)18-7-3-6-14(8-18)12(20)16-13(21)17-14/h2,4-5H,3,6-8H2,1H3,(H2,16,17,20,21). The van der Waals surface area contributed by atoms with Crippen LogP contribution in [0.25, 0.3) is 0 Å². The van der Waals surface area contributed by atoms with Crippen molar-refractivity contribution >= 4 is 17.8 Å². The van der Waals surface area contributed by atoms with Gasteiger partial charge in [0.05, 0.1) is 6.54 Å². The van der Waals surface area contributed by atoms with Crippen molar-refractivity contribution in [1.82, 2.24) is 20.5 Å². The molecule has 7 heteroatoms. The normalized spacial score (nSPS) is 24.9. The Hall–Kier alpha value is -2.44. The second-order valence-corrected chi connectivity index (χ2v) is 5.48. The van der Waals surface area contributed by atoms with Gasteiger partial charge in [-0.25, -0.2) is 9.78 Å². The number of carbonyl (C=O) groups is 3. The van der Waals surface area contributed by atoms with Gasteiger partial charge in [0, 0.05) is 12.2 Å². The molecule has 4 amide bonds. The first-order valence-corrected chi connectivity index (χ1v) is 6.87. The van der Waals surface area contributed by atoms with E-state index in [9.17, 15) is 14.4 Å². The van der Waals surface area contributed by atoms with Crippen LogP contribution in [0.4, 0.5) is 4.79 Å². The van der Waals surface area contributed by atoms with Crippen molar-refractivity contribution in [2.24, 2.45) is 0 Å². The Kier molecular flexibility index (Phi) is 3.12. The maximum absolute atomic E-state index is 12.5. The molecule has 2 aliphatic heterocycles. The molecule has 0 saturated carbocycles. The number of imide groups is 1. The van der Waals surface area contributed by atoms with E-state index in [-0.39, 0.29) is 18.4 Å². The predicted octanol–water partition coefficient (Wildman–Crippen LogP) is 0.204. The molecule has 7 nitrogen and oxygen atoms in total. The zero-order chi connectivity index (χ0) is 15.0. The number of carbonyl (C=O) groups excluding carboxylic acids is 3. The van der Waals surface area contributed by atoms with Gasteiger partial charge in [-0.3, -0.25) is 14.9 Å². The minimum Gasteiger partial charge on any atom is -0.334 e. The van der Waals surface area contributed by atoms with E-state index in [0.29, 0.717) is 25.1 Å². The van der Waals surface area contributed by atoms with E-state index < -0.39 is 11.6 Å². The molecule has 1 aromatic heterocycles. The molecule has 0 aromatic carbocycles. The quantitative estimate of drug-likeness (QED) is 0.722. The molecule has 0 radical (unpaired) electrons. The fraction of sp³-hybridized carbons (Fsp3) is 0.429. The number of piperidine rings is 1. The van der Waals surface area contributed by atoms with Crippen LogP contribution < -0.4 is 10.6 Å². The van der Waals surface area contributed by atoms with E-state index in [0.717, 1.165) is 5.69 Å². The number of aryl methyl sites for hydroxylation is 1. The Morgan fingerprint density at radius 3 is 2.86 bits per heavy atom. The van der Waals surface area contributed by atoms with Gasteiger partial charge < -0.3 is 10.2 Å².